The number of hydrogen-bond acceptors (Lipinski definition) is 4. The van der Waals surface area contributed by atoms with E-state index in [1.54, 1.807) is 0 Å². The van der Waals surface area contributed by atoms with Crippen molar-refractivity contribution < 1.29 is 47.2 Å². The molecule has 19 heavy (non-hydrogen) atoms. The molecule has 110 valence electrons. The molecule has 0 aliphatic heterocycles. The predicted molar refractivity (Wildman–Crippen MR) is 78.9 cm³/mol. The molecule has 0 atom stereocenters. The SMILES string of the molecule is CN(C)CCSSCC[I-]C(=O)[I-]c1ccccc1. The Morgan fingerprint density at radius 2 is 1.84 bits per heavy atom. The van der Waals surface area contributed by atoms with E-state index in [0.29, 0.717) is 1.80 Å². The van der Waals surface area contributed by atoms with Crippen molar-refractivity contribution in [2.75, 3.05) is 36.6 Å². The van der Waals surface area contributed by atoms with E-state index in [9.17, 15) is 4.79 Å². The molecule has 0 spiro atoms. The summed E-state index contributed by atoms with van der Waals surface area (Å²) in [6.07, 6.45) is 0. The second-order valence-corrected chi connectivity index (χ2v) is 14.2. The van der Waals surface area contributed by atoms with Crippen LogP contribution < -0.4 is 42.4 Å². The van der Waals surface area contributed by atoms with Gasteiger partial charge >= 0.3 is 146 Å². The normalized spacial score (nSPS) is 11.3. The molecular formula is C13H19I2NOS2-2. The van der Waals surface area contributed by atoms with Crippen LogP contribution in [0.4, 0.5) is 4.79 Å². The van der Waals surface area contributed by atoms with Gasteiger partial charge in [0.15, 0.2) is 0 Å². The van der Waals surface area contributed by atoms with Crippen molar-refractivity contribution in [3.63, 3.8) is 0 Å². The minimum atomic E-state index is -0.387. The van der Waals surface area contributed by atoms with Crippen molar-refractivity contribution in [2.45, 2.75) is 0 Å². The first-order valence-corrected chi connectivity index (χ1v) is 13.2. The van der Waals surface area contributed by atoms with Gasteiger partial charge in [-0.25, -0.2) is 0 Å². The van der Waals surface area contributed by atoms with Gasteiger partial charge in [-0.2, -0.15) is 0 Å². The Morgan fingerprint density at radius 1 is 1.16 bits per heavy atom. The van der Waals surface area contributed by atoms with Crippen molar-refractivity contribution in [3.8, 4) is 0 Å². The van der Waals surface area contributed by atoms with Crippen LogP contribution in [0.3, 0.4) is 0 Å². The van der Waals surface area contributed by atoms with Gasteiger partial charge in [0, 0.05) is 0 Å². The van der Waals surface area contributed by atoms with E-state index >= 15 is 0 Å². The first kappa shape index (κ1) is 18.1. The molecule has 0 aromatic heterocycles. The van der Waals surface area contributed by atoms with E-state index in [4.69, 9.17) is 0 Å². The molecule has 1 rings (SSSR count). The molecule has 6 heteroatoms. The van der Waals surface area contributed by atoms with Crippen molar-refractivity contribution in [1.29, 1.82) is 0 Å². The van der Waals surface area contributed by atoms with Gasteiger partial charge in [0.2, 0.25) is 0 Å². The van der Waals surface area contributed by atoms with Gasteiger partial charge in [0.05, 0.1) is 0 Å². The Hall–Kier alpha value is 1.01. The molecule has 1 aromatic rings. The van der Waals surface area contributed by atoms with Gasteiger partial charge in [-0.15, -0.1) is 0 Å². The summed E-state index contributed by atoms with van der Waals surface area (Å²) >= 11 is -0.620. The summed E-state index contributed by atoms with van der Waals surface area (Å²) in [5.41, 5.74) is 0. The quantitative estimate of drug-likeness (QED) is 0.108. The molecule has 2 nitrogen and oxygen atoms in total. The summed E-state index contributed by atoms with van der Waals surface area (Å²) in [4.78, 5) is 14.1. The van der Waals surface area contributed by atoms with Crippen LogP contribution in [0.25, 0.3) is 0 Å². The fourth-order valence-corrected chi connectivity index (χ4v) is 11.0. The molecule has 0 radical (unpaired) electrons. The number of rotatable bonds is 10. The standard InChI is InChI=1S/C13H19I2NOS2/c1-16(2)9-11-19-18-10-8-14-13(17)15-12-6-4-3-5-7-12/h3-7H,8-11H2,1-2H3/q-2. The number of carbonyl (C=O) groups excluding carboxylic acids is 1. The summed E-state index contributed by atoms with van der Waals surface area (Å²) in [6, 6.07) is 10.2. The Balaban J connectivity index is 1.99. The molecule has 0 amide bonds. The van der Waals surface area contributed by atoms with Crippen LogP contribution in [0.1, 0.15) is 0 Å². The second kappa shape index (κ2) is 11.6. The zero-order valence-electron chi connectivity index (χ0n) is 11.1. The van der Waals surface area contributed by atoms with Gasteiger partial charge in [-0.05, 0) is 0 Å². The monoisotopic (exact) mass is 523 g/mol. The minimum absolute atomic E-state index is 0.233. The number of nitrogens with zero attached hydrogens (tertiary/aromatic N) is 1. The fraction of sp³-hybridized carbons (Fsp3) is 0.462. The number of hydrogen-bond donors (Lipinski definition) is 0. The Labute approximate surface area is 144 Å². The maximum atomic E-state index is 11.9. The molecule has 0 N–H and O–H groups in total. The molecule has 0 aliphatic carbocycles. The van der Waals surface area contributed by atoms with Gasteiger partial charge < -0.3 is 0 Å². The van der Waals surface area contributed by atoms with Gasteiger partial charge in [-0.3, -0.25) is 0 Å². The number of alkyl halides is 1. The zero-order valence-corrected chi connectivity index (χ0v) is 17.1. The molecule has 0 bridgehead atoms. The third kappa shape index (κ3) is 10.4. The van der Waals surface area contributed by atoms with E-state index in [-0.39, 0.29) is 42.4 Å². The maximum absolute atomic E-state index is 11.9. The number of carbonyl (C=O) groups is 1. The van der Waals surface area contributed by atoms with Crippen LogP contribution in [0, 0.1) is 3.57 Å². The average molecular weight is 523 g/mol. The van der Waals surface area contributed by atoms with Crippen molar-refractivity contribution in [1.82, 2.24) is 4.90 Å². The van der Waals surface area contributed by atoms with Crippen LogP contribution in [0.15, 0.2) is 30.3 Å². The number of halogens is 2. The molecule has 0 heterocycles. The van der Waals surface area contributed by atoms with E-state index < -0.39 is 0 Å². The topological polar surface area (TPSA) is 20.3 Å². The first-order chi connectivity index (χ1) is 9.18. The molecule has 1 aromatic carbocycles. The van der Waals surface area contributed by atoms with Gasteiger partial charge in [0.1, 0.15) is 0 Å². The Bertz CT molecular complexity index is 363. The Kier molecular flexibility index (Phi) is 11.1. The van der Waals surface area contributed by atoms with Crippen LogP contribution in [-0.2, 0) is 0 Å². The van der Waals surface area contributed by atoms with E-state index in [1.807, 2.05) is 39.8 Å². The molecule has 0 unspecified atom stereocenters. The number of benzene rings is 1. The molecule has 0 saturated carbocycles. The van der Waals surface area contributed by atoms with Crippen molar-refractivity contribution in [3.05, 3.63) is 33.9 Å². The molecule has 0 fully saturated rings. The van der Waals surface area contributed by atoms with Crippen LogP contribution in [-0.4, -0.2) is 43.3 Å². The molecular weight excluding hydrogens is 504 g/mol. The van der Waals surface area contributed by atoms with Crippen LogP contribution in [0.2, 0.25) is 0 Å². The summed E-state index contributed by atoms with van der Waals surface area (Å²) in [7, 11) is 8.05. The molecule has 0 aliphatic rings. The van der Waals surface area contributed by atoms with Crippen LogP contribution in [0.5, 0.6) is 0 Å². The molecule has 0 saturated heterocycles. The Morgan fingerprint density at radius 3 is 2.53 bits per heavy atom. The van der Waals surface area contributed by atoms with E-state index in [2.05, 4.69) is 31.1 Å². The van der Waals surface area contributed by atoms with E-state index in [0.717, 1.165) is 16.7 Å². The fourth-order valence-electron chi connectivity index (χ4n) is 1.07. The average Bonchev–Trinajstić information content (AvgIpc) is 2.38. The summed E-state index contributed by atoms with van der Waals surface area (Å²) in [6.45, 7) is 1.13. The van der Waals surface area contributed by atoms with Gasteiger partial charge in [-0.1, -0.05) is 0 Å². The van der Waals surface area contributed by atoms with E-state index in [1.165, 1.54) is 9.32 Å². The first-order valence-electron chi connectivity index (χ1n) is 5.90. The predicted octanol–water partition coefficient (Wildman–Crippen LogP) is -2.90. The van der Waals surface area contributed by atoms with Crippen LogP contribution >= 0.6 is 21.6 Å². The zero-order chi connectivity index (χ0) is 13.9. The summed E-state index contributed by atoms with van der Waals surface area (Å²) in [5.74, 6) is 2.30. The van der Waals surface area contributed by atoms with Crippen molar-refractivity contribution in [2.24, 2.45) is 0 Å². The third-order valence-corrected chi connectivity index (χ3v) is 11.8. The van der Waals surface area contributed by atoms with Crippen molar-refractivity contribution >= 4 is 23.4 Å². The third-order valence-electron chi connectivity index (χ3n) is 1.98. The summed E-state index contributed by atoms with van der Waals surface area (Å²) < 4.78 is 2.96. The summed E-state index contributed by atoms with van der Waals surface area (Å²) in [5, 5.41) is 0. The second-order valence-electron chi connectivity index (χ2n) is 3.89. The van der Waals surface area contributed by atoms with Gasteiger partial charge in [0.25, 0.3) is 0 Å².